The topological polar surface area (TPSA) is 34.4 Å². The number of para-hydroxylation sites is 1. The quantitative estimate of drug-likeness (QED) is 0.702. The van der Waals surface area contributed by atoms with E-state index in [9.17, 15) is 4.79 Å². The molecule has 0 fully saturated rings. The third-order valence-electron chi connectivity index (χ3n) is 3.86. The number of amides is 1. The van der Waals surface area contributed by atoms with Gasteiger partial charge < -0.3 is 4.57 Å². The molecule has 0 spiro atoms. The van der Waals surface area contributed by atoms with E-state index in [0.29, 0.717) is 5.56 Å². The molecule has 0 N–H and O–H groups in total. The molecule has 0 radical (unpaired) electrons. The first-order valence-electron chi connectivity index (χ1n) is 7.35. The van der Waals surface area contributed by atoms with Crippen LogP contribution in [0.1, 0.15) is 28.4 Å². The summed E-state index contributed by atoms with van der Waals surface area (Å²) in [4.78, 5) is 17.6. The number of hydrogen-bond donors (Lipinski definition) is 0. The molecule has 3 nitrogen and oxygen atoms in total. The van der Waals surface area contributed by atoms with Gasteiger partial charge in [-0.2, -0.15) is 4.99 Å². The number of hydrogen-bond acceptors (Lipinski definition) is 2. The first-order chi connectivity index (χ1) is 10.6. The molecule has 0 unspecified atom stereocenters. The molecule has 0 saturated heterocycles. The van der Waals surface area contributed by atoms with Crippen molar-refractivity contribution in [2.24, 2.45) is 4.99 Å². The molecule has 0 atom stereocenters. The largest absolute Gasteiger partial charge is 0.317 e. The molecule has 4 heteroatoms. The summed E-state index contributed by atoms with van der Waals surface area (Å²) in [6.07, 6.45) is 0. The predicted octanol–water partition coefficient (Wildman–Crippen LogP) is 4.08. The SMILES string of the molecule is CCn1c(=NC(=O)c2ccc(C)c(C)c2)sc2ccccc21. The molecule has 1 aromatic heterocycles. The summed E-state index contributed by atoms with van der Waals surface area (Å²) in [6, 6.07) is 13.9. The lowest BCUT2D eigenvalue weighted by Crippen LogP contribution is -2.15. The molecule has 0 aliphatic carbocycles. The summed E-state index contributed by atoms with van der Waals surface area (Å²) in [5.41, 5.74) is 4.06. The number of fused-ring (bicyclic) bond motifs is 1. The van der Waals surface area contributed by atoms with Gasteiger partial charge in [0, 0.05) is 12.1 Å². The van der Waals surface area contributed by atoms with Crippen molar-refractivity contribution >= 4 is 27.5 Å². The average Bonchev–Trinajstić information content (AvgIpc) is 2.86. The second-order valence-corrected chi connectivity index (χ2v) is 6.32. The molecular formula is C18H18N2OS. The molecule has 0 aliphatic rings. The highest BCUT2D eigenvalue weighted by molar-refractivity contribution is 7.16. The molecule has 2 aromatic carbocycles. The van der Waals surface area contributed by atoms with Crippen molar-refractivity contribution in [3.8, 4) is 0 Å². The van der Waals surface area contributed by atoms with Crippen molar-refractivity contribution in [2.45, 2.75) is 27.3 Å². The minimum atomic E-state index is -0.183. The average molecular weight is 310 g/mol. The van der Waals surface area contributed by atoms with Crippen LogP contribution in [0.4, 0.5) is 0 Å². The number of aromatic nitrogens is 1. The minimum absolute atomic E-state index is 0.183. The van der Waals surface area contributed by atoms with E-state index in [2.05, 4.69) is 28.6 Å². The molecule has 0 aliphatic heterocycles. The fraction of sp³-hybridized carbons (Fsp3) is 0.222. The van der Waals surface area contributed by atoms with E-state index in [4.69, 9.17) is 0 Å². The van der Waals surface area contributed by atoms with Gasteiger partial charge in [-0.25, -0.2) is 0 Å². The summed E-state index contributed by atoms with van der Waals surface area (Å²) >= 11 is 1.55. The second-order valence-electron chi connectivity index (χ2n) is 5.31. The van der Waals surface area contributed by atoms with Gasteiger partial charge in [-0.1, -0.05) is 29.5 Å². The summed E-state index contributed by atoms with van der Waals surface area (Å²) in [5.74, 6) is -0.183. The van der Waals surface area contributed by atoms with Crippen molar-refractivity contribution in [1.82, 2.24) is 4.57 Å². The van der Waals surface area contributed by atoms with Gasteiger partial charge in [0.15, 0.2) is 4.80 Å². The molecule has 1 heterocycles. The number of rotatable bonds is 2. The van der Waals surface area contributed by atoms with E-state index in [0.717, 1.165) is 27.1 Å². The number of aryl methyl sites for hydroxylation is 3. The van der Waals surface area contributed by atoms with E-state index >= 15 is 0 Å². The molecular weight excluding hydrogens is 292 g/mol. The lowest BCUT2D eigenvalue weighted by molar-refractivity contribution is 0.0998. The Kier molecular flexibility index (Phi) is 3.94. The lowest BCUT2D eigenvalue weighted by atomic mass is 10.1. The Bertz CT molecular complexity index is 918. The highest BCUT2D eigenvalue weighted by Gasteiger charge is 2.08. The molecule has 0 bridgehead atoms. The standard InChI is InChI=1S/C18H18N2OS/c1-4-20-15-7-5-6-8-16(15)22-18(20)19-17(21)14-10-9-12(2)13(3)11-14/h5-11H,4H2,1-3H3. The van der Waals surface area contributed by atoms with Gasteiger partial charge in [-0.15, -0.1) is 0 Å². The van der Waals surface area contributed by atoms with Crippen LogP contribution in [0.3, 0.4) is 0 Å². The van der Waals surface area contributed by atoms with Crippen LogP contribution in [0.2, 0.25) is 0 Å². The third-order valence-corrected chi connectivity index (χ3v) is 4.91. The van der Waals surface area contributed by atoms with Crippen molar-refractivity contribution in [1.29, 1.82) is 0 Å². The number of nitrogens with zero attached hydrogens (tertiary/aromatic N) is 2. The predicted molar refractivity (Wildman–Crippen MR) is 91.3 cm³/mol. The normalized spacial score (nSPS) is 12.0. The molecule has 112 valence electrons. The number of benzene rings is 2. The summed E-state index contributed by atoms with van der Waals surface area (Å²) in [7, 11) is 0. The van der Waals surface area contributed by atoms with Crippen molar-refractivity contribution < 1.29 is 4.79 Å². The van der Waals surface area contributed by atoms with Crippen LogP contribution >= 0.6 is 11.3 Å². The van der Waals surface area contributed by atoms with Gasteiger partial charge in [-0.05, 0) is 56.2 Å². The van der Waals surface area contributed by atoms with Crippen molar-refractivity contribution in [2.75, 3.05) is 0 Å². The van der Waals surface area contributed by atoms with Crippen LogP contribution in [-0.2, 0) is 6.54 Å². The van der Waals surface area contributed by atoms with Gasteiger partial charge in [0.25, 0.3) is 5.91 Å². The molecule has 1 amide bonds. The smallest absolute Gasteiger partial charge is 0.279 e. The van der Waals surface area contributed by atoms with Gasteiger partial charge in [-0.3, -0.25) is 4.79 Å². The highest BCUT2D eigenvalue weighted by atomic mass is 32.1. The highest BCUT2D eigenvalue weighted by Crippen LogP contribution is 2.17. The van der Waals surface area contributed by atoms with E-state index < -0.39 is 0 Å². The minimum Gasteiger partial charge on any atom is -0.317 e. The van der Waals surface area contributed by atoms with Crippen LogP contribution in [0, 0.1) is 13.8 Å². The number of carbonyl (C=O) groups is 1. The fourth-order valence-electron chi connectivity index (χ4n) is 2.44. The molecule has 0 saturated carbocycles. The lowest BCUT2D eigenvalue weighted by Gasteiger charge is -2.02. The molecule has 22 heavy (non-hydrogen) atoms. The van der Waals surface area contributed by atoms with Crippen molar-refractivity contribution in [3.63, 3.8) is 0 Å². The number of carbonyl (C=O) groups excluding carboxylic acids is 1. The van der Waals surface area contributed by atoms with Gasteiger partial charge >= 0.3 is 0 Å². The zero-order valence-electron chi connectivity index (χ0n) is 13.0. The van der Waals surface area contributed by atoms with E-state index in [-0.39, 0.29) is 5.91 Å². The summed E-state index contributed by atoms with van der Waals surface area (Å²) < 4.78 is 3.23. The molecule has 3 rings (SSSR count). The first kappa shape index (κ1) is 14.7. The van der Waals surface area contributed by atoms with E-state index in [1.165, 1.54) is 5.56 Å². The van der Waals surface area contributed by atoms with Crippen LogP contribution in [0.15, 0.2) is 47.5 Å². The first-order valence-corrected chi connectivity index (χ1v) is 8.16. The zero-order valence-corrected chi connectivity index (χ0v) is 13.8. The fourth-order valence-corrected chi connectivity index (χ4v) is 3.53. The van der Waals surface area contributed by atoms with Crippen LogP contribution < -0.4 is 4.80 Å². The zero-order chi connectivity index (χ0) is 15.7. The van der Waals surface area contributed by atoms with E-state index in [1.54, 1.807) is 11.3 Å². The van der Waals surface area contributed by atoms with Crippen LogP contribution in [0.25, 0.3) is 10.2 Å². The summed E-state index contributed by atoms with van der Waals surface area (Å²) in [5, 5.41) is 0. The Hall–Kier alpha value is -2.20. The second kappa shape index (κ2) is 5.89. The third kappa shape index (κ3) is 2.62. The monoisotopic (exact) mass is 310 g/mol. The Morgan fingerprint density at radius 3 is 2.64 bits per heavy atom. The Balaban J connectivity index is 2.11. The van der Waals surface area contributed by atoms with Gasteiger partial charge in [0.1, 0.15) is 0 Å². The Morgan fingerprint density at radius 1 is 1.14 bits per heavy atom. The Morgan fingerprint density at radius 2 is 1.91 bits per heavy atom. The number of thiazole rings is 1. The maximum absolute atomic E-state index is 12.4. The van der Waals surface area contributed by atoms with Gasteiger partial charge in [0.05, 0.1) is 10.2 Å². The summed E-state index contributed by atoms with van der Waals surface area (Å²) in [6.45, 7) is 6.91. The maximum atomic E-state index is 12.4. The molecule has 3 aromatic rings. The maximum Gasteiger partial charge on any atom is 0.279 e. The van der Waals surface area contributed by atoms with Crippen LogP contribution in [0.5, 0.6) is 0 Å². The van der Waals surface area contributed by atoms with Crippen LogP contribution in [-0.4, -0.2) is 10.5 Å². The van der Waals surface area contributed by atoms with E-state index in [1.807, 2.05) is 44.2 Å². The van der Waals surface area contributed by atoms with Gasteiger partial charge in [0.2, 0.25) is 0 Å². The van der Waals surface area contributed by atoms with Crippen molar-refractivity contribution in [3.05, 3.63) is 64.0 Å². The Labute approximate surface area is 133 Å².